The van der Waals surface area contributed by atoms with Crippen molar-refractivity contribution in [1.82, 2.24) is 9.97 Å². The Morgan fingerprint density at radius 3 is 1.18 bits per heavy atom. The van der Waals surface area contributed by atoms with Crippen LogP contribution in [0, 0.1) is 108 Å². The number of esters is 2. The topological polar surface area (TPSA) is 307 Å². The summed E-state index contributed by atoms with van der Waals surface area (Å²) < 4.78 is 73.4. The molecule has 146 heavy (non-hydrogen) atoms. The Morgan fingerprint density at radius 1 is 0.384 bits per heavy atom. The van der Waals surface area contributed by atoms with Crippen LogP contribution in [0.2, 0.25) is 0 Å². The Bertz CT molecular complexity index is 7840. The van der Waals surface area contributed by atoms with Gasteiger partial charge in [-0.15, -0.1) is 0 Å². The average Bonchev–Trinajstić information content (AvgIpc) is 0.889. The lowest BCUT2D eigenvalue weighted by Gasteiger charge is -2.16. The minimum Gasteiger partial charge on any atom is -0.508 e. The third kappa shape index (κ3) is 28.9. The van der Waals surface area contributed by atoms with Crippen LogP contribution in [-0.4, -0.2) is 92.7 Å². The smallest absolute Gasteiger partial charge is 0.508 e. The number of Topliss-reactive ketones (excluding diaryl/α,β-unsaturated/α-hetero) is 2. The van der Waals surface area contributed by atoms with E-state index in [1.807, 2.05) is 283 Å². The summed E-state index contributed by atoms with van der Waals surface area (Å²) in [5, 5.41) is 44.5. The number of carbonyl (C=O) groups is 7. The largest absolute Gasteiger partial charge is 0.523 e. The number of anilines is 3. The number of nitrogens with one attached hydrogen (secondary N) is 1. The normalized spacial score (nSPS) is 11.4. The number of amides is 2. The van der Waals surface area contributed by atoms with Gasteiger partial charge in [-0.25, -0.2) is 24.4 Å². The number of phenols is 3. The Hall–Kier alpha value is -14.7. The Balaban J connectivity index is 0.000000172. The number of aromatic hydroxyl groups is 3. The van der Waals surface area contributed by atoms with Gasteiger partial charge in [0.15, 0.2) is 0 Å². The first-order valence-electron chi connectivity index (χ1n) is 45.2. The number of aromatic nitrogens is 3. The fourth-order valence-electron chi connectivity index (χ4n) is 15.9. The van der Waals surface area contributed by atoms with Gasteiger partial charge in [-0.3, -0.25) is 28.3 Å². The van der Waals surface area contributed by atoms with E-state index >= 15 is 0 Å². The molecule has 2 amide bonds. The number of para-hydroxylation sites is 5. The van der Waals surface area contributed by atoms with Crippen LogP contribution < -0.4 is 24.3 Å². The second kappa shape index (κ2) is 50.7. The molecule has 5 N–H and O–H groups in total. The van der Waals surface area contributed by atoms with Gasteiger partial charge >= 0.3 is 39.4 Å². The molecule has 5 heterocycles. The van der Waals surface area contributed by atoms with Gasteiger partial charge in [0.1, 0.15) is 35.8 Å². The summed E-state index contributed by atoms with van der Waals surface area (Å²) in [4.78, 5) is 94.5. The molecule has 21 nitrogen and oxygen atoms in total. The third-order valence-corrected chi connectivity index (χ3v) is 25.9. The van der Waals surface area contributed by atoms with Crippen molar-refractivity contribution in [2.45, 2.75) is 110 Å². The van der Waals surface area contributed by atoms with Crippen LogP contribution in [0.3, 0.4) is 0 Å². The number of rotatable bonds is 7. The molecule has 20 rings (SSSR count). The van der Waals surface area contributed by atoms with Crippen LogP contribution in [0.4, 0.5) is 30.2 Å². The lowest BCUT2D eigenvalue weighted by atomic mass is 10.0. The summed E-state index contributed by atoms with van der Waals surface area (Å²) in [6.45, 7) is 27.9. The summed E-state index contributed by atoms with van der Waals surface area (Å²) in [5.74, 6) is -1.52. The molecule has 18 aromatic rings. The zero-order valence-electron chi connectivity index (χ0n) is 82.1. The molecule has 0 saturated carbocycles. The minimum atomic E-state index is -5.34. The third-order valence-electron chi connectivity index (χ3n) is 22.7. The van der Waals surface area contributed by atoms with E-state index in [2.05, 4.69) is 145 Å². The molecule has 15 aromatic carbocycles. The van der Waals surface area contributed by atoms with Gasteiger partial charge in [0.25, 0.3) is 17.5 Å². The molecule has 2 aliphatic heterocycles. The lowest BCUT2D eigenvalue weighted by Crippen LogP contribution is -2.31. The first-order valence-corrected chi connectivity index (χ1v) is 49.8. The fourth-order valence-corrected chi connectivity index (χ4v) is 17.2. The molecule has 2 aliphatic rings. The van der Waals surface area contributed by atoms with Gasteiger partial charge in [-0.05, 0) is 338 Å². The number of carboxylic acid groups (broad SMARTS) is 1. The van der Waals surface area contributed by atoms with E-state index in [4.69, 9.17) is 19.6 Å². The summed E-state index contributed by atoms with van der Waals surface area (Å²) in [6.07, 6.45) is 0. The SMILES string of the molecule is C.COS(=O)(=O)C(F)(F)F.Cc1cc(C)c(O)c(C)c1.Cc1cc(C)c(OC(=O)c2c3ccccc3[n+](C)c3ccc(O)cc23)c(C)c1.Cc1cc(C)c(OC(=O)c2c3ccccc3nc3ccc(C)cc23)c(C)c1.Cc1ccc(I)cc1.Cc1ccc(I)cc1.Cc1ccc(N2C(=O)C(=O)c3ccccc32)cc1.Cc1ccc2nc3ccccc3c(C(=O)O)c2c1.O=C1Nc2ccccc2C1=O.Oc1ccc(I)cc1. The van der Waals surface area contributed by atoms with Gasteiger partial charge in [0.2, 0.25) is 11.0 Å². The number of benzene rings is 15. The number of carbonyl (C=O) groups excluding carboxylic acids is 6. The summed E-state index contributed by atoms with van der Waals surface area (Å²) in [5.41, 5.74) is 18.8. The van der Waals surface area contributed by atoms with E-state index in [0.29, 0.717) is 91.0 Å². The number of ketones is 2. The minimum absolute atomic E-state index is 0. The molecule has 0 saturated heterocycles. The fraction of sp³-hybridized carbons (Fsp3) is 0.153. The number of hydrogen-bond donors (Lipinski definition) is 5. The van der Waals surface area contributed by atoms with Crippen molar-refractivity contribution in [3.63, 3.8) is 0 Å². The highest BCUT2D eigenvalue weighted by Gasteiger charge is 2.46. The Morgan fingerprint density at radius 2 is 0.747 bits per heavy atom. The number of fused-ring (bicyclic) bond motifs is 8. The van der Waals surface area contributed by atoms with Gasteiger partial charge < -0.3 is 35.2 Å². The van der Waals surface area contributed by atoms with Crippen molar-refractivity contribution < 1.29 is 93.8 Å². The predicted octanol–water partition coefficient (Wildman–Crippen LogP) is 28.2. The Labute approximate surface area is 886 Å². The number of aromatic carboxylic acids is 1. The molecule has 0 unspecified atom stereocenters. The quantitative estimate of drug-likeness (QED) is 0.0145. The maximum atomic E-state index is 13.3. The highest BCUT2D eigenvalue weighted by Crippen LogP contribution is 2.39. The summed E-state index contributed by atoms with van der Waals surface area (Å²) in [7, 11) is -2.94. The van der Waals surface area contributed by atoms with E-state index in [9.17, 15) is 70.5 Å². The zero-order valence-corrected chi connectivity index (χ0v) is 89.4. The van der Waals surface area contributed by atoms with E-state index in [1.165, 1.54) is 28.7 Å². The first-order chi connectivity index (χ1) is 68.7. The lowest BCUT2D eigenvalue weighted by molar-refractivity contribution is -0.617. The molecule has 0 fully saturated rings. The van der Waals surface area contributed by atoms with Crippen molar-refractivity contribution in [2.75, 3.05) is 17.3 Å². The molecule has 0 bridgehead atoms. The Kier molecular flexibility index (Phi) is 39.3. The molecule has 0 spiro atoms. The number of ether oxygens (including phenoxy) is 2. The number of hydrogen-bond acceptors (Lipinski definition) is 17. The van der Waals surface area contributed by atoms with E-state index in [0.717, 1.165) is 114 Å². The van der Waals surface area contributed by atoms with Crippen molar-refractivity contribution in [3.8, 4) is 28.7 Å². The van der Waals surface area contributed by atoms with Crippen LogP contribution in [0.25, 0.3) is 65.4 Å². The van der Waals surface area contributed by atoms with Crippen LogP contribution >= 0.6 is 67.8 Å². The predicted molar refractivity (Wildman–Crippen MR) is 599 cm³/mol. The highest BCUT2D eigenvalue weighted by molar-refractivity contribution is 14.1. The van der Waals surface area contributed by atoms with Crippen LogP contribution in [0.5, 0.6) is 28.7 Å². The molecular formula is C118H108F3I3N5O16S+. The number of pyridine rings is 3. The molecule has 0 aliphatic carbocycles. The van der Waals surface area contributed by atoms with Crippen LogP contribution in [-0.2, 0) is 30.9 Å². The van der Waals surface area contributed by atoms with Crippen LogP contribution in [0.1, 0.15) is 137 Å². The van der Waals surface area contributed by atoms with Crippen molar-refractivity contribution >= 4 is 202 Å². The van der Waals surface area contributed by atoms with Gasteiger partial charge in [-0.1, -0.05) is 210 Å². The molecular weight excluding hydrogens is 2210 g/mol. The number of aryl methyl sites for hydroxylation is 15. The second-order valence-corrected chi connectivity index (χ2v) is 39.7. The molecule has 28 heteroatoms. The van der Waals surface area contributed by atoms with Crippen molar-refractivity contribution in [2.24, 2.45) is 7.05 Å². The highest BCUT2D eigenvalue weighted by atomic mass is 127. The van der Waals surface area contributed by atoms with E-state index < -0.39 is 50.9 Å². The number of carboxylic acids is 1. The molecule has 0 atom stereocenters. The monoisotopic (exact) mass is 2320 g/mol. The summed E-state index contributed by atoms with van der Waals surface area (Å²) in [6, 6.07) is 96.9. The van der Waals surface area contributed by atoms with E-state index in [1.54, 1.807) is 72.8 Å². The summed E-state index contributed by atoms with van der Waals surface area (Å²) >= 11 is 6.78. The van der Waals surface area contributed by atoms with Crippen molar-refractivity contribution in [3.05, 3.63) is 426 Å². The number of halogens is 6. The van der Waals surface area contributed by atoms with Gasteiger partial charge in [0.05, 0.1) is 79.1 Å². The maximum Gasteiger partial charge on any atom is 0.523 e. The first kappa shape index (κ1) is 113. The van der Waals surface area contributed by atoms with E-state index in [-0.39, 0.29) is 19.1 Å². The number of nitrogens with zero attached hydrogens (tertiary/aromatic N) is 4. The number of alkyl halides is 3. The van der Waals surface area contributed by atoms with Crippen molar-refractivity contribution in [1.29, 1.82) is 0 Å². The molecule has 748 valence electrons. The maximum absolute atomic E-state index is 13.3. The van der Waals surface area contributed by atoms with Gasteiger partial charge in [0, 0.05) is 50.1 Å². The van der Waals surface area contributed by atoms with Gasteiger partial charge in [-0.2, -0.15) is 26.2 Å². The molecule has 0 radical (unpaired) electrons. The molecule has 3 aromatic heterocycles. The zero-order chi connectivity index (χ0) is 106. The van der Waals surface area contributed by atoms with Crippen LogP contribution in [0.15, 0.2) is 309 Å². The number of phenolic OH excluding ortho intramolecular Hbond substituents is 3. The standard InChI is InChI=1S/C24H21NO3.C24H21NO2.2C15H11NO2.C9H12O.C8H5NO2.2C7H7I.C6H5IO.C2H3F3O3S.CH4/c1-14-11-15(2)23(16(3)12-14)28-24(27)22-18-7-5-6-8-20(18)25(4)21-10-9-17(26)13-19(21)22;1-14-9-10-21-19(13-14)22(18-7-5-6-8-20(18)25-21)24(26)27-23-16(3)11-15(2)12-17(23)4;1-10-6-8-11(9-7-10)16-13-5-3-2-4-12(13)14(17)15(16)18;1-9-6-7-13-11(8-9)14(15(17)18)10-4-2-3-5-12(10)16-13;1-6-4-7(2)9(10)8(3)5-6;10-7-5-3-1-2-4-6(5)9-8(7)11;2*1-6-2-4-7(8)5-3-6;7-5-1-3-6(8)4-2-5;1-8-9(6,7)2(3,4)5;/h5-13H,1-4H3;5-13H,1-4H3;2-9H,1H3;2-8H,1H3,(H,17,18);4-5,10H,1-3H3;1-4H,(H,9,10,11);2*2-5H,1H3;1-4,8H;1H3;1H4/p+1. The second-order valence-electron chi connectivity index (χ2n) is 34.3. The average molecular weight is 2320 g/mol.